The molecule has 0 unspecified atom stereocenters. The van der Waals surface area contributed by atoms with Crippen molar-refractivity contribution in [3.05, 3.63) is 48.0 Å². The second kappa shape index (κ2) is 10.7. The molecule has 0 saturated heterocycles. The average molecular weight is 334 g/mol. The van der Waals surface area contributed by atoms with Gasteiger partial charge in [0.2, 0.25) is 0 Å². The Hall–Kier alpha value is -2.96. The highest BCUT2D eigenvalue weighted by atomic mass is 16.6. The van der Waals surface area contributed by atoms with Crippen LogP contribution in [0.2, 0.25) is 0 Å². The van der Waals surface area contributed by atoms with Crippen LogP contribution in [0.5, 0.6) is 0 Å². The van der Waals surface area contributed by atoms with E-state index in [0.29, 0.717) is 6.42 Å². The van der Waals surface area contributed by atoms with Gasteiger partial charge in [-0.15, -0.1) is 0 Å². The largest absolute Gasteiger partial charge is 0.463 e. The first kappa shape index (κ1) is 19.1. The Morgan fingerprint density at radius 2 is 1.54 bits per heavy atom. The Labute approximate surface area is 139 Å². The molecule has 7 heteroatoms. The zero-order valence-electron chi connectivity index (χ0n) is 13.2. The second-order valence-corrected chi connectivity index (χ2v) is 4.52. The molecule has 0 aromatic heterocycles. The molecule has 0 heterocycles. The minimum atomic E-state index is -0.981. The molecule has 0 radical (unpaired) electrons. The van der Waals surface area contributed by atoms with Crippen molar-refractivity contribution in [3.63, 3.8) is 0 Å². The van der Waals surface area contributed by atoms with Gasteiger partial charge in [0.05, 0.1) is 13.0 Å². The molecule has 1 aromatic rings. The number of hydrogen-bond donors (Lipinski definition) is 0. The van der Waals surface area contributed by atoms with E-state index < -0.39 is 30.5 Å². The predicted octanol–water partition coefficient (Wildman–Crippen LogP) is 1.35. The molecule has 24 heavy (non-hydrogen) atoms. The van der Waals surface area contributed by atoms with Crippen molar-refractivity contribution in [2.75, 3.05) is 13.2 Å². The lowest BCUT2D eigenvalue weighted by Gasteiger charge is -2.04. The maximum atomic E-state index is 11.5. The zero-order valence-corrected chi connectivity index (χ0v) is 13.2. The van der Waals surface area contributed by atoms with Crippen molar-refractivity contribution in [1.82, 2.24) is 0 Å². The maximum Gasteiger partial charge on any atom is 0.351 e. The minimum absolute atomic E-state index is 0.0342. The van der Waals surface area contributed by atoms with E-state index in [0.717, 1.165) is 17.7 Å². The monoisotopic (exact) mass is 334 g/mol. The number of rotatable bonds is 8. The summed E-state index contributed by atoms with van der Waals surface area (Å²) in [5.74, 6) is -3.31. The zero-order chi connectivity index (χ0) is 17.8. The van der Waals surface area contributed by atoms with E-state index in [-0.39, 0.29) is 13.0 Å². The van der Waals surface area contributed by atoms with Crippen molar-refractivity contribution in [3.8, 4) is 0 Å². The van der Waals surface area contributed by atoms with Gasteiger partial charge in [-0.05, 0) is 18.9 Å². The molecule has 0 N–H and O–H groups in total. The molecule has 7 nitrogen and oxygen atoms in total. The average Bonchev–Trinajstić information content (AvgIpc) is 2.57. The van der Waals surface area contributed by atoms with Crippen LogP contribution in [-0.2, 0) is 39.8 Å². The summed E-state index contributed by atoms with van der Waals surface area (Å²) in [6.07, 6.45) is 2.17. The Morgan fingerprint density at radius 1 is 0.917 bits per heavy atom. The van der Waals surface area contributed by atoms with Crippen LogP contribution in [0.4, 0.5) is 0 Å². The maximum absolute atomic E-state index is 11.5. The van der Waals surface area contributed by atoms with Gasteiger partial charge >= 0.3 is 23.9 Å². The molecule has 0 bridgehead atoms. The minimum Gasteiger partial charge on any atom is -0.463 e. The van der Waals surface area contributed by atoms with Crippen LogP contribution in [-0.4, -0.2) is 37.1 Å². The smallest absolute Gasteiger partial charge is 0.351 e. The standard InChI is InChI=1S/C17H18O7/c1-2-22-14(18)10-11-15(19)23-12-17(21)24-16(20)9-8-13-6-4-3-5-7-13/h3-7,10-11H,2,8-9,12H2,1H3/b11-10-. The van der Waals surface area contributed by atoms with Gasteiger partial charge < -0.3 is 14.2 Å². The van der Waals surface area contributed by atoms with Gasteiger partial charge in [0.15, 0.2) is 6.61 Å². The van der Waals surface area contributed by atoms with E-state index in [1.807, 2.05) is 30.3 Å². The SMILES string of the molecule is CCOC(=O)/C=C\C(=O)OCC(=O)OC(=O)CCc1ccccc1. The van der Waals surface area contributed by atoms with Crippen molar-refractivity contribution in [2.24, 2.45) is 0 Å². The fraction of sp³-hybridized carbons (Fsp3) is 0.294. The number of esters is 4. The summed E-state index contributed by atoms with van der Waals surface area (Å²) in [6.45, 7) is 1.08. The van der Waals surface area contributed by atoms with E-state index in [1.165, 1.54) is 0 Å². The summed E-state index contributed by atoms with van der Waals surface area (Å²) in [5.41, 5.74) is 0.942. The first-order valence-electron chi connectivity index (χ1n) is 7.30. The number of carbonyl (C=O) groups is 4. The predicted molar refractivity (Wildman–Crippen MR) is 82.6 cm³/mol. The quantitative estimate of drug-likeness (QED) is 0.306. The summed E-state index contributed by atoms with van der Waals surface area (Å²) in [4.78, 5) is 45.1. The second-order valence-electron chi connectivity index (χ2n) is 4.52. The van der Waals surface area contributed by atoms with Crippen LogP contribution >= 0.6 is 0 Å². The third-order valence-electron chi connectivity index (χ3n) is 2.66. The lowest BCUT2D eigenvalue weighted by atomic mass is 10.1. The van der Waals surface area contributed by atoms with Gasteiger partial charge in [0, 0.05) is 12.2 Å². The van der Waals surface area contributed by atoms with Gasteiger partial charge in [0.1, 0.15) is 0 Å². The molecule has 1 rings (SSSR count). The highest BCUT2D eigenvalue weighted by molar-refractivity contribution is 5.93. The van der Waals surface area contributed by atoms with Crippen LogP contribution < -0.4 is 0 Å². The Balaban J connectivity index is 2.24. The van der Waals surface area contributed by atoms with Gasteiger partial charge in [-0.2, -0.15) is 0 Å². The highest BCUT2D eigenvalue weighted by Crippen LogP contribution is 2.03. The van der Waals surface area contributed by atoms with Crippen molar-refractivity contribution < 1.29 is 33.4 Å². The number of benzene rings is 1. The van der Waals surface area contributed by atoms with Gasteiger partial charge in [-0.25, -0.2) is 14.4 Å². The summed E-state index contributed by atoms with van der Waals surface area (Å²) < 4.78 is 13.6. The molecule has 0 amide bonds. The van der Waals surface area contributed by atoms with Crippen LogP contribution in [0.1, 0.15) is 18.9 Å². The number of carbonyl (C=O) groups excluding carboxylic acids is 4. The van der Waals surface area contributed by atoms with E-state index in [1.54, 1.807) is 6.92 Å². The topological polar surface area (TPSA) is 96.0 Å². The molecule has 0 aliphatic carbocycles. The van der Waals surface area contributed by atoms with E-state index >= 15 is 0 Å². The molecule has 0 spiro atoms. The summed E-state index contributed by atoms with van der Waals surface area (Å²) >= 11 is 0. The molecule has 0 fully saturated rings. The van der Waals surface area contributed by atoms with E-state index in [9.17, 15) is 19.2 Å². The fourth-order valence-corrected chi connectivity index (χ4v) is 1.60. The first-order valence-corrected chi connectivity index (χ1v) is 7.30. The van der Waals surface area contributed by atoms with E-state index in [2.05, 4.69) is 14.2 Å². The summed E-state index contributed by atoms with van der Waals surface area (Å²) in [5, 5.41) is 0. The lowest BCUT2D eigenvalue weighted by molar-refractivity contribution is -0.165. The molecule has 0 saturated carbocycles. The molecular weight excluding hydrogens is 316 g/mol. The number of aryl methyl sites for hydroxylation is 1. The molecule has 128 valence electrons. The number of ether oxygens (including phenoxy) is 3. The Kier molecular flexibility index (Phi) is 8.52. The molecular formula is C17H18O7. The van der Waals surface area contributed by atoms with Gasteiger partial charge in [-0.3, -0.25) is 4.79 Å². The highest BCUT2D eigenvalue weighted by Gasteiger charge is 2.12. The molecule has 0 atom stereocenters. The normalized spacial score (nSPS) is 10.2. The van der Waals surface area contributed by atoms with Crippen LogP contribution in [0, 0.1) is 0 Å². The Bertz CT molecular complexity index is 605. The third kappa shape index (κ3) is 8.47. The third-order valence-corrected chi connectivity index (χ3v) is 2.66. The van der Waals surface area contributed by atoms with Crippen molar-refractivity contribution in [2.45, 2.75) is 19.8 Å². The molecule has 0 aliphatic rings. The summed E-state index contributed by atoms with van der Waals surface area (Å²) in [6, 6.07) is 9.25. The van der Waals surface area contributed by atoms with Crippen LogP contribution in [0.3, 0.4) is 0 Å². The van der Waals surface area contributed by atoms with E-state index in [4.69, 9.17) is 0 Å². The molecule has 0 aliphatic heterocycles. The van der Waals surface area contributed by atoms with Crippen LogP contribution in [0.15, 0.2) is 42.5 Å². The fourth-order valence-electron chi connectivity index (χ4n) is 1.60. The van der Waals surface area contributed by atoms with Gasteiger partial charge in [0.25, 0.3) is 0 Å². The van der Waals surface area contributed by atoms with Crippen LogP contribution in [0.25, 0.3) is 0 Å². The van der Waals surface area contributed by atoms with Crippen molar-refractivity contribution in [1.29, 1.82) is 0 Å². The van der Waals surface area contributed by atoms with Crippen molar-refractivity contribution >= 4 is 23.9 Å². The first-order chi connectivity index (χ1) is 11.5. The summed E-state index contributed by atoms with van der Waals surface area (Å²) in [7, 11) is 0. The molecule has 1 aromatic carbocycles. The van der Waals surface area contributed by atoms with Gasteiger partial charge in [-0.1, -0.05) is 30.3 Å². The lowest BCUT2D eigenvalue weighted by Crippen LogP contribution is -2.19. The Morgan fingerprint density at radius 3 is 2.17 bits per heavy atom. The number of hydrogen-bond acceptors (Lipinski definition) is 7.